The van der Waals surface area contributed by atoms with Crippen LogP contribution in [0.3, 0.4) is 0 Å². The lowest BCUT2D eigenvalue weighted by atomic mass is 9.80. The Kier molecular flexibility index (Phi) is 10.1. The third-order valence-electron chi connectivity index (χ3n) is 11.1. The molecule has 8 nitrogen and oxygen atoms in total. The smallest absolute Gasteiger partial charge is 0.257 e. The molecule has 2 unspecified atom stereocenters. The lowest BCUT2D eigenvalue weighted by molar-refractivity contribution is -0.0209. The molecule has 3 aromatic rings. The molecule has 1 amide bonds. The summed E-state index contributed by atoms with van der Waals surface area (Å²) < 4.78 is 5.36. The molecular formula is C38H52N6O2. The zero-order valence-corrected chi connectivity index (χ0v) is 28.5. The molecule has 4 heterocycles. The number of nitrogens with zero attached hydrogens (tertiary/aromatic N) is 6. The summed E-state index contributed by atoms with van der Waals surface area (Å²) in [6.07, 6.45) is 5.97. The monoisotopic (exact) mass is 624 g/mol. The number of carbonyl (C=O) groups excluding carboxylic acids is 1. The number of piperazine rings is 1. The zero-order chi connectivity index (χ0) is 32.3. The molecule has 8 heteroatoms. The second kappa shape index (κ2) is 14.2. The number of aryl methyl sites for hydroxylation is 2. The van der Waals surface area contributed by atoms with Gasteiger partial charge in [-0.2, -0.15) is 0 Å². The van der Waals surface area contributed by atoms with Crippen LogP contribution in [-0.4, -0.2) is 100.0 Å². The van der Waals surface area contributed by atoms with Gasteiger partial charge in [-0.05, 0) is 95.6 Å². The molecule has 2 atom stereocenters. The topological polar surface area (TPSA) is 65.0 Å². The fourth-order valence-corrected chi connectivity index (χ4v) is 8.30. The van der Waals surface area contributed by atoms with E-state index in [-0.39, 0.29) is 11.4 Å². The Hall–Kier alpha value is -3.33. The summed E-state index contributed by atoms with van der Waals surface area (Å²) in [7, 11) is 1.72. The quantitative estimate of drug-likeness (QED) is 0.316. The number of amides is 1. The van der Waals surface area contributed by atoms with Crippen LogP contribution in [0.2, 0.25) is 0 Å². The molecule has 3 saturated heterocycles. The molecule has 246 valence electrons. The minimum Gasteiger partial charge on any atom is -0.497 e. The minimum atomic E-state index is 0.0836. The van der Waals surface area contributed by atoms with Gasteiger partial charge < -0.3 is 9.64 Å². The first-order valence-electron chi connectivity index (χ1n) is 17.2. The summed E-state index contributed by atoms with van der Waals surface area (Å²) in [6.45, 7) is 16.7. The molecule has 6 rings (SSSR count). The van der Waals surface area contributed by atoms with E-state index in [2.05, 4.69) is 93.1 Å². The van der Waals surface area contributed by atoms with E-state index >= 15 is 0 Å². The van der Waals surface area contributed by atoms with Crippen molar-refractivity contribution >= 4 is 5.91 Å². The number of ether oxygens (including phenoxy) is 1. The molecule has 0 N–H and O–H groups in total. The van der Waals surface area contributed by atoms with Crippen molar-refractivity contribution in [1.29, 1.82) is 0 Å². The number of carbonyl (C=O) groups is 1. The van der Waals surface area contributed by atoms with Gasteiger partial charge in [0.25, 0.3) is 5.91 Å². The third-order valence-corrected chi connectivity index (χ3v) is 11.1. The number of aromatic nitrogens is 2. The van der Waals surface area contributed by atoms with Crippen molar-refractivity contribution in [2.45, 2.75) is 77.5 Å². The molecule has 3 aliphatic heterocycles. The van der Waals surface area contributed by atoms with E-state index in [1.807, 2.05) is 18.7 Å². The van der Waals surface area contributed by atoms with E-state index in [4.69, 9.17) is 4.74 Å². The van der Waals surface area contributed by atoms with Crippen molar-refractivity contribution < 1.29 is 9.53 Å². The number of benzene rings is 2. The summed E-state index contributed by atoms with van der Waals surface area (Å²) in [5.41, 5.74) is 5.15. The van der Waals surface area contributed by atoms with E-state index in [0.29, 0.717) is 23.6 Å². The Morgan fingerprint density at radius 2 is 1.57 bits per heavy atom. The van der Waals surface area contributed by atoms with Crippen LogP contribution in [0, 0.1) is 19.8 Å². The molecule has 3 fully saturated rings. The van der Waals surface area contributed by atoms with Gasteiger partial charge in [-0.15, -0.1) is 0 Å². The van der Waals surface area contributed by atoms with Crippen molar-refractivity contribution in [3.63, 3.8) is 0 Å². The average molecular weight is 625 g/mol. The number of hydrogen-bond acceptors (Lipinski definition) is 7. The van der Waals surface area contributed by atoms with Crippen molar-refractivity contribution in [1.82, 2.24) is 29.6 Å². The van der Waals surface area contributed by atoms with Gasteiger partial charge in [0.1, 0.15) is 12.1 Å². The van der Waals surface area contributed by atoms with Gasteiger partial charge in [0.05, 0.1) is 24.1 Å². The number of methoxy groups -OCH3 is 1. The van der Waals surface area contributed by atoms with Gasteiger partial charge >= 0.3 is 0 Å². The first-order chi connectivity index (χ1) is 22.3. The molecule has 46 heavy (non-hydrogen) atoms. The summed E-state index contributed by atoms with van der Waals surface area (Å²) in [4.78, 5) is 32.2. The highest BCUT2D eigenvalue weighted by molar-refractivity contribution is 5.96. The summed E-state index contributed by atoms with van der Waals surface area (Å²) in [5.74, 6) is 1.63. The molecule has 0 radical (unpaired) electrons. The van der Waals surface area contributed by atoms with Crippen molar-refractivity contribution in [2.75, 3.05) is 52.9 Å². The first kappa shape index (κ1) is 32.6. The van der Waals surface area contributed by atoms with E-state index in [9.17, 15) is 4.79 Å². The van der Waals surface area contributed by atoms with Gasteiger partial charge in [-0.3, -0.25) is 19.5 Å². The number of rotatable bonds is 8. The lowest BCUT2D eigenvalue weighted by Crippen LogP contribution is -2.58. The maximum Gasteiger partial charge on any atom is 0.257 e. The van der Waals surface area contributed by atoms with Crippen molar-refractivity contribution in [2.24, 2.45) is 5.92 Å². The minimum absolute atomic E-state index is 0.0836. The lowest BCUT2D eigenvalue weighted by Gasteiger charge is -2.52. The Balaban J connectivity index is 1.07. The highest BCUT2D eigenvalue weighted by Crippen LogP contribution is 2.40. The van der Waals surface area contributed by atoms with Crippen LogP contribution in [0.15, 0.2) is 60.9 Å². The second-order valence-corrected chi connectivity index (χ2v) is 14.1. The van der Waals surface area contributed by atoms with Gasteiger partial charge in [0.15, 0.2) is 0 Å². The molecule has 3 aliphatic rings. The van der Waals surface area contributed by atoms with Crippen LogP contribution >= 0.6 is 0 Å². The Morgan fingerprint density at radius 3 is 2.17 bits per heavy atom. The summed E-state index contributed by atoms with van der Waals surface area (Å²) in [5, 5.41) is 0. The predicted octanol–water partition coefficient (Wildman–Crippen LogP) is 5.76. The fourth-order valence-electron chi connectivity index (χ4n) is 8.30. The normalized spacial score (nSPS) is 22.5. The van der Waals surface area contributed by atoms with E-state index in [1.165, 1.54) is 24.0 Å². The van der Waals surface area contributed by atoms with Crippen LogP contribution < -0.4 is 4.74 Å². The van der Waals surface area contributed by atoms with Crippen molar-refractivity contribution in [3.05, 3.63) is 89.0 Å². The number of hydrogen-bond donors (Lipinski definition) is 0. The molecule has 0 spiro atoms. The Morgan fingerprint density at radius 1 is 0.913 bits per heavy atom. The molecule has 2 aromatic carbocycles. The van der Waals surface area contributed by atoms with E-state index in [0.717, 1.165) is 82.3 Å². The highest BCUT2D eigenvalue weighted by atomic mass is 16.5. The van der Waals surface area contributed by atoms with Crippen LogP contribution in [0.4, 0.5) is 0 Å². The van der Waals surface area contributed by atoms with Crippen molar-refractivity contribution in [3.8, 4) is 5.75 Å². The maximum atomic E-state index is 13.4. The second-order valence-electron chi connectivity index (χ2n) is 14.1. The highest BCUT2D eigenvalue weighted by Gasteiger charge is 2.42. The molecule has 0 saturated carbocycles. The van der Waals surface area contributed by atoms with Crippen LogP contribution in [0.25, 0.3) is 0 Å². The third kappa shape index (κ3) is 6.99. The number of piperidine rings is 2. The van der Waals surface area contributed by atoms with Gasteiger partial charge in [-0.1, -0.05) is 42.5 Å². The van der Waals surface area contributed by atoms with Crippen LogP contribution in [-0.2, 0) is 6.54 Å². The van der Waals surface area contributed by atoms with Crippen LogP contribution in [0.5, 0.6) is 5.75 Å². The van der Waals surface area contributed by atoms with Gasteiger partial charge in [0, 0.05) is 56.9 Å². The first-order valence-corrected chi connectivity index (χ1v) is 17.2. The SMILES string of the molecule is COc1ccc(CN2CCN(C(c3ccccc3)C3CCN(C4(C)CCN(C(=O)c5c(C)ncnc5C)CC4)CC3)C(C)C2)cc1. The predicted molar refractivity (Wildman–Crippen MR) is 183 cm³/mol. The molecular weight excluding hydrogens is 572 g/mol. The van der Waals surface area contributed by atoms with Crippen LogP contribution in [0.1, 0.15) is 78.4 Å². The summed E-state index contributed by atoms with van der Waals surface area (Å²) in [6, 6.07) is 20.7. The maximum absolute atomic E-state index is 13.4. The Bertz CT molecular complexity index is 1430. The molecule has 0 aliphatic carbocycles. The Labute approximate surface area is 275 Å². The molecule has 0 bridgehead atoms. The standard InChI is InChI=1S/C38H52N6O2/c1-28-25-41(26-31-11-13-34(46-5)14-12-31)23-24-44(28)36(32-9-7-6-8-10-32)33-15-19-43(20-16-33)38(4)17-21-42(22-18-38)37(45)35-29(2)39-27-40-30(35)3/h6-14,27-28,33,36H,15-26H2,1-5H3. The number of likely N-dealkylation sites (tertiary alicyclic amines) is 2. The zero-order valence-electron chi connectivity index (χ0n) is 28.5. The summed E-state index contributed by atoms with van der Waals surface area (Å²) >= 11 is 0. The average Bonchev–Trinajstić information content (AvgIpc) is 3.07. The van der Waals surface area contributed by atoms with E-state index in [1.54, 1.807) is 13.4 Å². The van der Waals surface area contributed by atoms with Gasteiger partial charge in [0.2, 0.25) is 0 Å². The largest absolute Gasteiger partial charge is 0.497 e. The fraction of sp³-hybridized carbons (Fsp3) is 0.553. The molecule has 1 aromatic heterocycles. The van der Waals surface area contributed by atoms with E-state index < -0.39 is 0 Å². The van der Waals surface area contributed by atoms with Gasteiger partial charge in [-0.25, -0.2) is 9.97 Å².